The van der Waals surface area contributed by atoms with E-state index in [-0.39, 0.29) is 18.6 Å². The third-order valence-corrected chi connectivity index (χ3v) is 6.37. The van der Waals surface area contributed by atoms with Crippen LogP contribution < -0.4 is 14.2 Å². The molecule has 1 spiro atoms. The number of likely N-dealkylation sites (tertiary alicyclic amines) is 1. The number of amides is 1. The van der Waals surface area contributed by atoms with Crippen LogP contribution >= 0.6 is 0 Å². The summed E-state index contributed by atoms with van der Waals surface area (Å²) in [5, 5.41) is 0. The number of hydrogen-bond donors (Lipinski definition) is 0. The highest BCUT2D eigenvalue weighted by Gasteiger charge is 2.59. The van der Waals surface area contributed by atoms with E-state index in [9.17, 15) is 4.79 Å². The smallest absolute Gasteiger partial charge is 0.245 e. The number of carbonyl (C=O) groups is 1. The van der Waals surface area contributed by atoms with Crippen molar-refractivity contribution >= 4 is 5.91 Å². The van der Waals surface area contributed by atoms with E-state index in [1.165, 1.54) is 0 Å². The Balaban J connectivity index is 1.58. The van der Waals surface area contributed by atoms with E-state index in [0.717, 1.165) is 42.7 Å². The van der Waals surface area contributed by atoms with Crippen molar-refractivity contribution in [2.75, 3.05) is 33.0 Å². The van der Waals surface area contributed by atoms with Crippen LogP contribution in [0.1, 0.15) is 31.7 Å². The number of rotatable bonds is 3. The Morgan fingerprint density at radius 3 is 2.67 bits per heavy atom. The normalized spacial score (nSPS) is 29.2. The zero-order valence-electron chi connectivity index (χ0n) is 17.3. The highest BCUT2D eigenvalue weighted by molar-refractivity contribution is 6.01. The number of allylic oxidation sites excluding steroid dienone is 4. The fourth-order valence-corrected chi connectivity index (χ4v) is 4.83. The third-order valence-electron chi connectivity index (χ3n) is 6.37. The number of ether oxygens (including phenoxy) is 4. The first-order valence-corrected chi connectivity index (χ1v) is 10.7. The van der Waals surface area contributed by atoms with Crippen LogP contribution in [0.5, 0.6) is 17.2 Å². The third kappa shape index (κ3) is 2.85. The number of carbonyl (C=O) groups excluding carboxylic acids is 1. The monoisotopic (exact) mass is 409 g/mol. The maximum atomic E-state index is 13.9. The molecule has 0 saturated carbocycles. The molecule has 30 heavy (non-hydrogen) atoms. The molecule has 4 heterocycles. The maximum absolute atomic E-state index is 13.9. The predicted molar refractivity (Wildman–Crippen MR) is 112 cm³/mol. The zero-order chi connectivity index (χ0) is 20.7. The van der Waals surface area contributed by atoms with Crippen LogP contribution in [-0.4, -0.2) is 49.9 Å². The van der Waals surface area contributed by atoms with Crippen molar-refractivity contribution in [1.29, 1.82) is 0 Å². The molecule has 0 N–H and O–H groups in total. The minimum atomic E-state index is -0.920. The van der Waals surface area contributed by atoms with Crippen molar-refractivity contribution in [2.45, 2.75) is 37.7 Å². The lowest BCUT2D eigenvalue weighted by Crippen LogP contribution is -2.43. The lowest BCUT2D eigenvalue weighted by molar-refractivity contribution is -0.133. The Labute approximate surface area is 176 Å². The van der Waals surface area contributed by atoms with Gasteiger partial charge >= 0.3 is 0 Å². The summed E-state index contributed by atoms with van der Waals surface area (Å²) >= 11 is 0. The SMILES string of the molecule is C=C1C(=CC=CC)C2(COc3cc4c(cc32)OCCO4)C(=O)N1CC1CCCCO1. The van der Waals surface area contributed by atoms with Gasteiger partial charge in [-0.1, -0.05) is 24.8 Å². The highest BCUT2D eigenvalue weighted by atomic mass is 16.6. The van der Waals surface area contributed by atoms with Crippen LogP contribution in [0, 0.1) is 0 Å². The fourth-order valence-electron chi connectivity index (χ4n) is 4.83. The van der Waals surface area contributed by atoms with Crippen molar-refractivity contribution in [3.8, 4) is 17.2 Å². The minimum Gasteiger partial charge on any atom is -0.491 e. The Morgan fingerprint density at radius 1 is 1.13 bits per heavy atom. The molecule has 0 aliphatic carbocycles. The van der Waals surface area contributed by atoms with Gasteiger partial charge in [0.2, 0.25) is 5.91 Å². The second-order valence-corrected chi connectivity index (χ2v) is 8.14. The van der Waals surface area contributed by atoms with E-state index in [2.05, 4.69) is 6.58 Å². The summed E-state index contributed by atoms with van der Waals surface area (Å²) in [6, 6.07) is 3.75. The molecule has 0 radical (unpaired) electrons. The molecule has 6 heteroatoms. The summed E-state index contributed by atoms with van der Waals surface area (Å²) in [6.07, 6.45) is 9.09. The quantitative estimate of drug-likeness (QED) is 0.765. The van der Waals surface area contributed by atoms with E-state index in [0.29, 0.717) is 37.0 Å². The first kappa shape index (κ1) is 19.2. The predicted octanol–water partition coefficient (Wildman–Crippen LogP) is 3.52. The van der Waals surface area contributed by atoms with E-state index in [1.54, 1.807) is 4.90 Å². The van der Waals surface area contributed by atoms with Crippen molar-refractivity contribution in [3.63, 3.8) is 0 Å². The Bertz CT molecular complexity index is 943. The summed E-state index contributed by atoms with van der Waals surface area (Å²) in [7, 11) is 0. The molecule has 1 aromatic carbocycles. The average Bonchev–Trinajstić information content (AvgIpc) is 3.23. The van der Waals surface area contributed by atoms with Crippen LogP contribution in [0.15, 0.2) is 48.2 Å². The van der Waals surface area contributed by atoms with Gasteiger partial charge in [0.25, 0.3) is 0 Å². The molecule has 4 aliphatic rings. The zero-order valence-corrected chi connectivity index (χ0v) is 17.3. The number of hydrogen-bond acceptors (Lipinski definition) is 5. The molecule has 2 fully saturated rings. The van der Waals surface area contributed by atoms with Gasteiger partial charge in [0.15, 0.2) is 11.5 Å². The fraction of sp³-hybridized carbons (Fsp3) is 0.458. The van der Waals surface area contributed by atoms with E-state index in [1.807, 2.05) is 37.3 Å². The Hall–Kier alpha value is -2.73. The van der Waals surface area contributed by atoms with Crippen LogP contribution in [0.4, 0.5) is 0 Å². The largest absolute Gasteiger partial charge is 0.491 e. The maximum Gasteiger partial charge on any atom is 0.245 e. The van der Waals surface area contributed by atoms with Gasteiger partial charge in [-0.15, -0.1) is 0 Å². The van der Waals surface area contributed by atoms with Crippen LogP contribution in [-0.2, 0) is 14.9 Å². The molecular formula is C24H27NO5. The lowest BCUT2D eigenvalue weighted by Gasteiger charge is -2.28. The van der Waals surface area contributed by atoms with Gasteiger partial charge in [-0.25, -0.2) is 0 Å². The average molecular weight is 409 g/mol. The van der Waals surface area contributed by atoms with Crippen molar-refractivity contribution in [2.24, 2.45) is 0 Å². The molecule has 4 aliphatic heterocycles. The van der Waals surface area contributed by atoms with Crippen LogP contribution in [0.25, 0.3) is 0 Å². The molecule has 6 nitrogen and oxygen atoms in total. The van der Waals surface area contributed by atoms with Gasteiger partial charge in [0.05, 0.1) is 12.6 Å². The van der Waals surface area contributed by atoms with Gasteiger partial charge in [0, 0.05) is 23.9 Å². The molecule has 1 amide bonds. The van der Waals surface area contributed by atoms with Crippen LogP contribution in [0.3, 0.4) is 0 Å². The molecule has 5 rings (SSSR count). The van der Waals surface area contributed by atoms with E-state index < -0.39 is 5.41 Å². The number of benzene rings is 1. The summed E-state index contributed by atoms with van der Waals surface area (Å²) in [4.78, 5) is 15.7. The van der Waals surface area contributed by atoms with E-state index >= 15 is 0 Å². The molecule has 2 atom stereocenters. The second kappa shape index (κ2) is 7.51. The van der Waals surface area contributed by atoms with Gasteiger partial charge in [-0.2, -0.15) is 0 Å². The van der Waals surface area contributed by atoms with Gasteiger partial charge in [0.1, 0.15) is 31.0 Å². The highest BCUT2D eigenvalue weighted by Crippen LogP contribution is 2.54. The summed E-state index contributed by atoms with van der Waals surface area (Å²) in [5.74, 6) is 1.98. The molecule has 0 bridgehead atoms. The van der Waals surface area contributed by atoms with E-state index in [4.69, 9.17) is 18.9 Å². The Kier molecular flexibility index (Phi) is 4.82. The molecule has 1 aromatic rings. The summed E-state index contributed by atoms with van der Waals surface area (Å²) in [6.45, 7) is 8.77. The van der Waals surface area contributed by atoms with Crippen molar-refractivity contribution < 1.29 is 23.7 Å². The first-order chi connectivity index (χ1) is 14.6. The summed E-state index contributed by atoms with van der Waals surface area (Å²) < 4.78 is 23.5. The van der Waals surface area contributed by atoms with Gasteiger partial charge in [-0.05, 0) is 37.8 Å². The second-order valence-electron chi connectivity index (χ2n) is 8.14. The molecule has 0 aromatic heterocycles. The van der Waals surface area contributed by atoms with Crippen LogP contribution in [0.2, 0.25) is 0 Å². The van der Waals surface area contributed by atoms with Gasteiger partial charge < -0.3 is 23.8 Å². The van der Waals surface area contributed by atoms with Crippen molar-refractivity contribution in [1.82, 2.24) is 4.90 Å². The topological polar surface area (TPSA) is 57.2 Å². The first-order valence-electron chi connectivity index (χ1n) is 10.7. The van der Waals surface area contributed by atoms with Crippen molar-refractivity contribution in [3.05, 3.63) is 53.8 Å². The standard InChI is InChI=1S/C24H27NO5/c1-3-4-8-18-16(2)25(14-17-7-5-6-9-27-17)23(26)24(18)15-30-20-13-22-21(12-19(20)24)28-10-11-29-22/h3-4,8,12-13,17H,2,5-7,9-11,14-15H2,1H3. The minimum absolute atomic E-state index is 0.00662. The molecule has 158 valence electrons. The summed E-state index contributed by atoms with van der Waals surface area (Å²) in [5.41, 5.74) is 1.49. The molecule has 2 saturated heterocycles. The molecular weight excluding hydrogens is 382 g/mol. The van der Waals surface area contributed by atoms with Gasteiger partial charge in [-0.3, -0.25) is 4.79 Å². The molecule has 2 unspecified atom stereocenters. The number of fused-ring (bicyclic) bond motifs is 3. The lowest BCUT2D eigenvalue weighted by atomic mass is 9.76. The number of nitrogens with zero attached hydrogens (tertiary/aromatic N) is 1. The Morgan fingerprint density at radius 2 is 1.93 bits per heavy atom.